The van der Waals surface area contributed by atoms with E-state index in [0.29, 0.717) is 16.1 Å². The minimum absolute atomic E-state index is 0.477. The van der Waals surface area contributed by atoms with Crippen molar-refractivity contribution in [1.29, 1.82) is 5.26 Å². The highest BCUT2D eigenvalue weighted by Crippen LogP contribution is 2.25. The van der Waals surface area contributed by atoms with Gasteiger partial charge in [0.2, 0.25) is 0 Å². The first-order valence-corrected chi connectivity index (χ1v) is 5.37. The van der Waals surface area contributed by atoms with Crippen LogP contribution in [0.3, 0.4) is 0 Å². The largest absolute Gasteiger partial charge is 0.298 e. The Morgan fingerprint density at radius 1 is 1.12 bits per heavy atom. The molecule has 3 heteroatoms. The van der Waals surface area contributed by atoms with E-state index in [9.17, 15) is 4.79 Å². The highest BCUT2D eigenvalue weighted by Gasteiger charge is 2.05. The van der Waals surface area contributed by atoms with Gasteiger partial charge in [0.1, 0.15) is 0 Å². The molecule has 0 bridgehead atoms. The van der Waals surface area contributed by atoms with Crippen molar-refractivity contribution in [1.82, 2.24) is 0 Å². The van der Waals surface area contributed by atoms with Gasteiger partial charge in [0.25, 0.3) is 0 Å². The summed E-state index contributed by atoms with van der Waals surface area (Å²) in [4.78, 5) is 11.0. The van der Waals surface area contributed by atoms with Gasteiger partial charge in [0, 0.05) is 10.6 Å². The summed E-state index contributed by atoms with van der Waals surface area (Å²) >= 11 is 5.81. The minimum atomic E-state index is 0.477. The SMILES string of the molecule is N#Cc1ccc(-c2ccc(Cl)cc2)c(C=O)c1. The highest BCUT2D eigenvalue weighted by molar-refractivity contribution is 6.30. The molecule has 0 saturated heterocycles. The van der Waals surface area contributed by atoms with Gasteiger partial charge < -0.3 is 0 Å². The number of nitriles is 1. The summed E-state index contributed by atoms with van der Waals surface area (Å²) in [7, 11) is 0. The van der Waals surface area contributed by atoms with E-state index in [2.05, 4.69) is 0 Å². The van der Waals surface area contributed by atoms with E-state index in [4.69, 9.17) is 16.9 Å². The average molecular weight is 242 g/mol. The summed E-state index contributed by atoms with van der Waals surface area (Å²) in [5, 5.41) is 9.42. The fraction of sp³-hybridized carbons (Fsp3) is 0. The number of carbonyl (C=O) groups excluding carboxylic acids is 1. The number of carbonyl (C=O) groups is 1. The maximum atomic E-state index is 11.0. The van der Waals surface area contributed by atoms with Crippen LogP contribution in [0.4, 0.5) is 0 Å². The first kappa shape index (κ1) is 11.4. The van der Waals surface area contributed by atoms with E-state index in [1.54, 1.807) is 30.3 Å². The molecule has 0 radical (unpaired) electrons. The molecule has 0 heterocycles. The number of hydrogen-bond donors (Lipinski definition) is 0. The van der Waals surface area contributed by atoms with Crippen LogP contribution in [0.25, 0.3) is 11.1 Å². The van der Waals surface area contributed by atoms with Crippen LogP contribution in [0.15, 0.2) is 42.5 Å². The lowest BCUT2D eigenvalue weighted by Crippen LogP contribution is -1.89. The van der Waals surface area contributed by atoms with E-state index in [1.165, 1.54) is 0 Å². The predicted octanol–water partition coefficient (Wildman–Crippen LogP) is 3.69. The van der Waals surface area contributed by atoms with E-state index in [0.717, 1.165) is 17.4 Å². The van der Waals surface area contributed by atoms with Gasteiger partial charge in [0.15, 0.2) is 6.29 Å². The smallest absolute Gasteiger partial charge is 0.150 e. The Bertz CT molecular complexity index is 597. The molecular weight excluding hydrogens is 234 g/mol. The van der Waals surface area contributed by atoms with Gasteiger partial charge in [-0.05, 0) is 35.4 Å². The Morgan fingerprint density at radius 3 is 2.41 bits per heavy atom. The third-order valence-corrected chi connectivity index (χ3v) is 2.71. The zero-order chi connectivity index (χ0) is 12.3. The zero-order valence-corrected chi connectivity index (χ0v) is 9.61. The number of hydrogen-bond acceptors (Lipinski definition) is 2. The van der Waals surface area contributed by atoms with Crippen molar-refractivity contribution >= 4 is 17.9 Å². The van der Waals surface area contributed by atoms with Crippen molar-refractivity contribution in [2.75, 3.05) is 0 Å². The van der Waals surface area contributed by atoms with Gasteiger partial charge in [-0.15, -0.1) is 0 Å². The minimum Gasteiger partial charge on any atom is -0.298 e. The van der Waals surface area contributed by atoms with Crippen molar-refractivity contribution in [2.45, 2.75) is 0 Å². The summed E-state index contributed by atoms with van der Waals surface area (Å²) in [6.07, 6.45) is 0.755. The molecule has 0 amide bonds. The van der Waals surface area contributed by atoms with Crippen LogP contribution in [0, 0.1) is 11.3 Å². The molecule has 2 nitrogen and oxygen atoms in total. The van der Waals surface area contributed by atoms with Gasteiger partial charge in [-0.25, -0.2) is 0 Å². The van der Waals surface area contributed by atoms with Crippen LogP contribution in [-0.4, -0.2) is 6.29 Å². The molecule has 0 atom stereocenters. The van der Waals surface area contributed by atoms with Gasteiger partial charge in [-0.3, -0.25) is 4.79 Å². The van der Waals surface area contributed by atoms with E-state index >= 15 is 0 Å². The number of aldehydes is 1. The Kier molecular flexibility index (Phi) is 3.22. The Hall–Kier alpha value is -2.11. The lowest BCUT2D eigenvalue weighted by Gasteiger charge is -2.05. The first-order chi connectivity index (χ1) is 8.24. The molecule has 0 unspecified atom stereocenters. The van der Waals surface area contributed by atoms with E-state index in [-0.39, 0.29) is 0 Å². The van der Waals surface area contributed by atoms with Crippen molar-refractivity contribution in [3.05, 3.63) is 58.6 Å². The summed E-state index contributed by atoms with van der Waals surface area (Å²) in [6.45, 7) is 0. The second kappa shape index (κ2) is 4.82. The maximum Gasteiger partial charge on any atom is 0.150 e. The van der Waals surface area contributed by atoms with E-state index in [1.807, 2.05) is 18.2 Å². The molecule has 2 aromatic rings. The van der Waals surface area contributed by atoms with Crippen molar-refractivity contribution in [3.63, 3.8) is 0 Å². The predicted molar refractivity (Wildman–Crippen MR) is 67.0 cm³/mol. The molecule has 0 aliphatic rings. The molecule has 82 valence electrons. The fourth-order valence-electron chi connectivity index (χ4n) is 1.62. The van der Waals surface area contributed by atoms with Crippen LogP contribution in [0.1, 0.15) is 15.9 Å². The first-order valence-electron chi connectivity index (χ1n) is 5.00. The van der Waals surface area contributed by atoms with Gasteiger partial charge in [0.05, 0.1) is 11.6 Å². The topological polar surface area (TPSA) is 40.9 Å². The lowest BCUT2D eigenvalue weighted by molar-refractivity contribution is 0.112. The molecule has 0 fully saturated rings. The third-order valence-electron chi connectivity index (χ3n) is 2.46. The number of benzene rings is 2. The highest BCUT2D eigenvalue weighted by atomic mass is 35.5. The fourth-order valence-corrected chi connectivity index (χ4v) is 1.75. The second-order valence-electron chi connectivity index (χ2n) is 3.54. The lowest BCUT2D eigenvalue weighted by atomic mass is 9.98. The second-order valence-corrected chi connectivity index (χ2v) is 3.98. The molecular formula is C14H8ClNO. The van der Waals surface area contributed by atoms with Crippen LogP contribution in [0.5, 0.6) is 0 Å². The third kappa shape index (κ3) is 2.35. The quantitative estimate of drug-likeness (QED) is 0.753. The summed E-state index contributed by atoms with van der Waals surface area (Å²) in [5.74, 6) is 0. The van der Waals surface area contributed by atoms with Crippen molar-refractivity contribution < 1.29 is 4.79 Å². The molecule has 2 rings (SSSR count). The van der Waals surface area contributed by atoms with Crippen LogP contribution in [0.2, 0.25) is 5.02 Å². The van der Waals surface area contributed by atoms with Crippen molar-refractivity contribution in [3.8, 4) is 17.2 Å². The average Bonchev–Trinajstić information content (AvgIpc) is 2.39. The summed E-state index contributed by atoms with van der Waals surface area (Å²) < 4.78 is 0. The molecule has 2 aromatic carbocycles. The molecule has 17 heavy (non-hydrogen) atoms. The molecule has 0 aromatic heterocycles. The molecule has 0 aliphatic heterocycles. The van der Waals surface area contributed by atoms with Gasteiger partial charge >= 0.3 is 0 Å². The number of nitrogens with zero attached hydrogens (tertiary/aromatic N) is 1. The molecule has 0 saturated carbocycles. The van der Waals surface area contributed by atoms with Crippen LogP contribution >= 0.6 is 11.6 Å². The zero-order valence-electron chi connectivity index (χ0n) is 8.85. The molecule has 0 N–H and O–H groups in total. The van der Waals surface area contributed by atoms with Crippen LogP contribution < -0.4 is 0 Å². The van der Waals surface area contributed by atoms with Gasteiger partial charge in [-0.2, -0.15) is 5.26 Å². The Morgan fingerprint density at radius 2 is 1.82 bits per heavy atom. The van der Waals surface area contributed by atoms with E-state index < -0.39 is 0 Å². The summed E-state index contributed by atoms with van der Waals surface area (Å²) in [5.41, 5.74) is 2.69. The molecule has 0 spiro atoms. The molecule has 0 aliphatic carbocycles. The van der Waals surface area contributed by atoms with Gasteiger partial charge in [-0.1, -0.05) is 29.8 Å². The standard InChI is InChI=1S/C14H8ClNO/c15-13-4-2-11(3-5-13)14-6-1-10(8-16)7-12(14)9-17/h1-7,9H. The Balaban J connectivity index is 2.56. The summed E-state index contributed by atoms with van der Waals surface area (Å²) in [6, 6.07) is 14.3. The Labute approximate surface area is 104 Å². The number of halogens is 1. The number of rotatable bonds is 2. The normalized spacial score (nSPS) is 9.65. The van der Waals surface area contributed by atoms with Crippen molar-refractivity contribution in [2.24, 2.45) is 0 Å². The monoisotopic (exact) mass is 241 g/mol. The van der Waals surface area contributed by atoms with Crippen LogP contribution in [-0.2, 0) is 0 Å². The maximum absolute atomic E-state index is 11.0.